The van der Waals surface area contributed by atoms with Crippen LogP contribution in [0.1, 0.15) is 17.5 Å². The number of carbonyl (C=O) groups is 1. The summed E-state index contributed by atoms with van der Waals surface area (Å²) in [4.78, 5) is 17.4. The maximum atomic E-state index is 14.4. The van der Waals surface area contributed by atoms with Crippen molar-refractivity contribution < 1.29 is 27.8 Å². The minimum atomic E-state index is -4.79. The average molecular weight is 419 g/mol. The number of amidine groups is 1. The van der Waals surface area contributed by atoms with Gasteiger partial charge in [-0.05, 0) is 25.1 Å². The fraction of sp³-hybridized carbons (Fsp3) is 0.333. The summed E-state index contributed by atoms with van der Waals surface area (Å²) in [6.45, 7) is 0.224. The third-order valence-electron chi connectivity index (χ3n) is 5.40. The number of hydrogen-bond donors (Lipinski definition) is 2. The van der Waals surface area contributed by atoms with Crippen molar-refractivity contribution >= 4 is 11.9 Å². The van der Waals surface area contributed by atoms with E-state index < -0.39 is 30.5 Å². The highest BCUT2D eigenvalue weighted by Gasteiger charge is 2.60. The molecule has 158 valence electrons. The summed E-state index contributed by atoms with van der Waals surface area (Å²) < 4.78 is 48.9. The van der Waals surface area contributed by atoms with Crippen LogP contribution in [0.2, 0.25) is 0 Å². The van der Waals surface area contributed by atoms with Crippen molar-refractivity contribution in [3.8, 4) is 5.75 Å². The quantitative estimate of drug-likeness (QED) is 0.780. The van der Waals surface area contributed by atoms with Crippen LogP contribution in [0.3, 0.4) is 0 Å². The van der Waals surface area contributed by atoms with Crippen LogP contribution in [0, 0.1) is 0 Å². The first kappa shape index (κ1) is 20.2. The zero-order valence-electron chi connectivity index (χ0n) is 15.9. The fourth-order valence-electron chi connectivity index (χ4n) is 3.89. The molecule has 0 spiro atoms. The molecule has 1 saturated heterocycles. The molecule has 30 heavy (non-hydrogen) atoms. The average Bonchev–Trinajstić information content (AvgIpc) is 3.17. The molecule has 2 unspecified atom stereocenters. The number of alkyl halides is 3. The van der Waals surface area contributed by atoms with Crippen molar-refractivity contribution in [2.75, 3.05) is 19.6 Å². The van der Waals surface area contributed by atoms with Gasteiger partial charge in [-0.2, -0.15) is 13.2 Å². The number of fused-ring (bicyclic) bond motifs is 1. The minimum Gasteiger partial charge on any atom is -0.470 e. The number of ether oxygens (including phenoxy) is 1. The normalized spacial score (nSPS) is 23.7. The van der Waals surface area contributed by atoms with Gasteiger partial charge in [-0.3, -0.25) is 9.89 Å². The topological polar surface area (TPSA) is 74.2 Å². The molecule has 2 heterocycles. The standard InChI is InChI=1S/C21H20F3N3O3/c22-21(23,24)20(14-6-2-1-3-7-14)13-26-18(16-8-4-5-9-17(16)30-20)27(19(28)29)15-10-11-25-12-15/h1-9,15,25H,10-13H2,(H,28,29). The Balaban J connectivity index is 1.90. The number of nitrogens with zero attached hydrogens (tertiary/aromatic N) is 2. The van der Waals surface area contributed by atoms with E-state index in [4.69, 9.17) is 4.74 Å². The number of rotatable bonds is 2. The van der Waals surface area contributed by atoms with Crippen molar-refractivity contribution in [2.45, 2.75) is 24.2 Å². The smallest absolute Gasteiger partial charge is 0.434 e. The van der Waals surface area contributed by atoms with E-state index in [0.717, 1.165) is 4.90 Å². The lowest BCUT2D eigenvalue weighted by atomic mass is 9.92. The molecule has 2 aromatic carbocycles. The van der Waals surface area contributed by atoms with Crippen LogP contribution in [-0.2, 0) is 5.60 Å². The second kappa shape index (κ2) is 7.64. The van der Waals surface area contributed by atoms with Crippen molar-refractivity contribution in [3.05, 3.63) is 65.7 Å². The first-order valence-corrected chi connectivity index (χ1v) is 9.51. The van der Waals surface area contributed by atoms with Crippen LogP contribution in [0.15, 0.2) is 59.6 Å². The van der Waals surface area contributed by atoms with Crippen molar-refractivity contribution in [3.63, 3.8) is 0 Å². The maximum absolute atomic E-state index is 14.4. The number of hydrogen-bond acceptors (Lipinski definition) is 4. The lowest BCUT2D eigenvalue weighted by Gasteiger charge is -2.34. The van der Waals surface area contributed by atoms with Crippen LogP contribution in [0.5, 0.6) is 5.75 Å². The molecule has 0 aliphatic carbocycles. The van der Waals surface area contributed by atoms with E-state index in [-0.39, 0.29) is 22.7 Å². The summed E-state index contributed by atoms with van der Waals surface area (Å²) in [6, 6.07) is 13.0. The summed E-state index contributed by atoms with van der Waals surface area (Å²) in [5, 5.41) is 12.9. The lowest BCUT2D eigenvalue weighted by Crippen LogP contribution is -2.50. The van der Waals surface area contributed by atoms with Crippen LogP contribution in [-0.4, -0.2) is 53.8 Å². The van der Waals surface area contributed by atoms with Crippen LogP contribution >= 0.6 is 0 Å². The van der Waals surface area contributed by atoms with E-state index in [1.807, 2.05) is 0 Å². The molecule has 2 aromatic rings. The Morgan fingerprint density at radius 2 is 1.87 bits per heavy atom. The first-order chi connectivity index (χ1) is 14.3. The van der Waals surface area contributed by atoms with E-state index >= 15 is 0 Å². The predicted octanol–water partition coefficient (Wildman–Crippen LogP) is 3.63. The third kappa shape index (κ3) is 3.39. The van der Waals surface area contributed by atoms with E-state index in [0.29, 0.717) is 19.5 Å². The summed E-state index contributed by atoms with van der Waals surface area (Å²) in [7, 11) is 0. The van der Waals surface area contributed by atoms with Gasteiger partial charge in [0.05, 0.1) is 18.2 Å². The molecule has 0 aromatic heterocycles. The van der Waals surface area contributed by atoms with E-state index in [1.165, 1.54) is 36.4 Å². The molecule has 0 radical (unpaired) electrons. The van der Waals surface area contributed by atoms with E-state index in [9.17, 15) is 23.1 Å². The minimum absolute atomic E-state index is 0.0335. The van der Waals surface area contributed by atoms with Gasteiger partial charge in [0.2, 0.25) is 5.60 Å². The molecule has 2 aliphatic rings. The number of para-hydroxylation sites is 1. The predicted molar refractivity (Wildman–Crippen MR) is 104 cm³/mol. The number of nitrogens with one attached hydrogen (secondary N) is 1. The number of benzene rings is 2. The highest BCUT2D eigenvalue weighted by atomic mass is 19.4. The zero-order chi connectivity index (χ0) is 21.4. The van der Waals surface area contributed by atoms with Gasteiger partial charge in [-0.1, -0.05) is 42.5 Å². The lowest BCUT2D eigenvalue weighted by molar-refractivity contribution is -0.250. The SMILES string of the molecule is O=C(O)N(C1=NCC(c2ccccc2)(C(F)(F)F)Oc2ccccc21)C1CCNC1. The molecule has 6 nitrogen and oxygen atoms in total. The first-order valence-electron chi connectivity index (χ1n) is 9.51. The van der Waals surface area contributed by atoms with Gasteiger partial charge in [0, 0.05) is 12.1 Å². The Hall–Kier alpha value is -3.07. The van der Waals surface area contributed by atoms with E-state index in [1.54, 1.807) is 18.2 Å². The highest BCUT2D eigenvalue weighted by Crippen LogP contribution is 2.45. The molecule has 1 fully saturated rings. The number of carboxylic acid groups (broad SMARTS) is 1. The number of amides is 1. The largest absolute Gasteiger partial charge is 0.470 e. The molecule has 1 amide bonds. The Kier molecular flexibility index (Phi) is 5.15. The second-order valence-corrected chi connectivity index (χ2v) is 7.23. The van der Waals surface area contributed by atoms with Gasteiger partial charge in [0.25, 0.3) is 0 Å². The summed E-state index contributed by atoms with van der Waals surface area (Å²) in [5.74, 6) is -0.0963. The Morgan fingerprint density at radius 3 is 2.50 bits per heavy atom. The molecule has 2 N–H and O–H groups in total. The fourth-order valence-corrected chi connectivity index (χ4v) is 3.89. The van der Waals surface area contributed by atoms with Gasteiger partial charge in [-0.25, -0.2) is 4.79 Å². The summed E-state index contributed by atoms with van der Waals surface area (Å²) >= 11 is 0. The Bertz CT molecular complexity index is 959. The van der Waals surface area contributed by atoms with Gasteiger partial charge < -0.3 is 15.2 Å². The van der Waals surface area contributed by atoms with Gasteiger partial charge in [0.1, 0.15) is 11.6 Å². The van der Waals surface area contributed by atoms with Gasteiger partial charge in [-0.15, -0.1) is 0 Å². The number of aliphatic imine (C=N–C) groups is 1. The molecule has 9 heteroatoms. The monoisotopic (exact) mass is 419 g/mol. The Labute approximate surface area is 171 Å². The second-order valence-electron chi connectivity index (χ2n) is 7.23. The molecular formula is C21H20F3N3O3. The highest BCUT2D eigenvalue weighted by molar-refractivity contribution is 6.08. The van der Waals surface area contributed by atoms with Crippen LogP contribution in [0.25, 0.3) is 0 Å². The van der Waals surface area contributed by atoms with Gasteiger partial charge >= 0.3 is 12.3 Å². The van der Waals surface area contributed by atoms with Crippen molar-refractivity contribution in [1.29, 1.82) is 0 Å². The molecular weight excluding hydrogens is 399 g/mol. The molecule has 0 bridgehead atoms. The molecule has 4 rings (SSSR count). The number of halogens is 3. The van der Waals surface area contributed by atoms with Crippen molar-refractivity contribution in [1.82, 2.24) is 10.2 Å². The summed E-state index contributed by atoms with van der Waals surface area (Å²) in [6.07, 6.45) is -5.52. The molecule has 2 aliphatic heterocycles. The van der Waals surface area contributed by atoms with Crippen LogP contribution < -0.4 is 10.1 Å². The third-order valence-corrected chi connectivity index (χ3v) is 5.40. The zero-order valence-corrected chi connectivity index (χ0v) is 15.9. The van der Waals surface area contributed by atoms with Gasteiger partial charge in [0.15, 0.2) is 0 Å². The van der Waals surface area contributed by atoms with Crippen molar-refractivity contribution in [2.24, 2.45) is 4.99 Å². The molecule has 2 atom stereocenters. The Morgan fingerprint density at radius 1 is 1.17 bits per heavy atom. The molecule has 0 saturated carbocycles. The maximum Gasteiger partial charge on any atom is 0.434 e. The summed E-state index contributed by atoms with van der Waals surface area (Å²) in [5.41, 5.74) is -2.61. The van der Waals surface area contributed by atoms with E-state index in [2.05, 4.69) is 10.3 Å². The van der Waals surface area contributed by atoms with Crippen LogP contribution in [0.4, 0.5) is 18.0 Å².